The Labute approximate surface area is 162 Å². The monoisotopic (exact) mass is 409 g/mol. The van der Waals surface area contributed by atoms with Crippen LogP contribution in [0.2, 0.25) is 0 Å². The lowest BCUT2D eigenvalue weighted by Crippen LogP contribution is -2.35. The van der Waals surface area contributed by atoms with Gasteiger partial charge in [-0.1, -0.05) is 6.07 Å². The van der Waals surface area contributed by atoms with Crippen LogP contribution in [0.4, 0.5) is 29.2 Å². The molecule has 3 rings (SSSR count). The zero-order chi connectivity index (χ0) is 21.0. The van der Waals surface area contributed by atoms with E-state index in [1.807, 2.05) is 0 Å². The molecule has 0 spiro atoms. The molecule has 29 heavy (non-hydrogen) atoms. The Balaban J connectivity index is 1.85. The molecule has 0 radical (unpaired) electrons. The van der Waals surface area contributed by atoms with Crippen molar-refractivity contribution in [3.05, 3.63) is 54.6 Å². The largest absolute Gasteiger partial charge is 0.435 e. The number of halogens is 4. The number of nitrogens with zero attached hydrogens (tertiary/aromatic N) is 3. The van der Waals surface area contributed by atoms with Gasteiger partial charge in [0.25, 0.3) is 0 Å². The molecule has 0 aliphatic carbocycles. The zero-order valence-electron chi connectivity index (χ0n) is 14.7. The minimum Gasteiger partial charge on any atom is -0.435 e. The van der Waals surface area contributed by atoms with Crippen LogP contribution in [0, 0.1) is 5.82 Å². The first-order valence-electron chi connectivity index (χ1n) is 8.24. The lowest BCUT2D eigenvalue weighted by atomic mass is 10.2. The molecule has 1 unspecified atom stereocenters. The first kappa shape index (κ1) is 20.3. The summed E-state index contributed by atoms with van der Waals surface area (Å²) >= 11 is 0. The lowest BCUT2D eigenvalue weighted by Gasteiger charge is -2.17. The molecule has 0 amide bonds. The van der Waals surface area contributed by atoms with Crippen LogP contribution in [0.1, 0.15) is 0 Å². The number of nitrogens with one attached hydrogen (secondary N) is 1. The van der Waals surface area contributed by atoms with Crippen molar-refractivity contribution in [2.75, 3.05) is 17.6 Å². The molecule has 3 aromatic rings. The molecule has 2 heterocycles. The highest BCUT2D eigenvalue weighted by molar-refractivity contribution is 5.66. The molecule has 1 atom stereocenters. The van der Waals surface area contributed by atoms with Gasteiger partial charge in [0, 0.05) is 18.9 Å². The van der Waals surface area contributed by atoms with Gasteiger partial charge in [0.15, 0.2) is 17.7 Å². The Kier molecular flexibility index (Phi) is 5.78. The maximum atomic E-state index is 14.7. The predicted molar refractivity (Wildman–Crippen MR) is 96.7 cm³/mol. The van der Waals surface area contributed by atoms with E-state index in [1.165, 1.54) is 30.6 Å². The van der Waals surface area contributed by atoms with Crippen molar-refractivity contribution < 1.29 is 27.4 Å². The summed E-state index contributed by atoms with van der Waals surface area (Å²) in [7, 11) is 0. The summed E-state index contributed by atoms with van der Waals surface area (Å²) in [6, 6.07) is 8.69. The lowest BCUT2D eigenvalue weighted by molar-refractivity contribution is -0.198. The van der Waals surface area contributed by atoms with E-state index in [-0.39, 0.29) is 23.3 Å². The summed E-state index contributed by atoms with van der Waals surface area (Å²) in [5.74, 6) is -1.19. The Morgan fingerprint density at radius 3 is 2.62 bits per heavy atom. The number of aromatic nitrogens is 3. The smallest absolute Gasteiger partial charge is 0.416 e. The van der Waals surface area contributed by atoms with Crippen LogP contribution in [0.5, 0.6) is 11.6 Å². The van der Waals surface area contributed by atoms with E-state index in [2.05, 4.69) is 20.3 Å². The van der Waals surface area contributed by atoms with E-state index in [1.54, 1.807) is 18.2 Å². The van der Waals surface area contributed by atoms with Gasteiger partial charge in [-0.2, -0.15) is 13.2 Å². The zero-order valence-corrected chi connectivity index (χ0v) is 14.7. The molecule has 1 aromatic carbocycles. The van der Waals surface area contributed by atoms with Gasteiger partial charge in [0.1, 0.15) is 0 Å². The van der Waals surface area contributed by atoms with Crippen LogP contribution in [-0.4, -0.2) is 38.9 Å². The number of benzene rings is 1. The van der Waals surface area contributed by atoms with E-state index in [0.29, 0.717) is 11.3 Å². The van der Waals surface area contributed by atoms with Gasteiger partial charge in [-0.25, -0.2) is 19.3 Å². The fraction of sp³-hybridized carbons (Fsp3) is 0.167. The highest BCUT2D eigenvalue weighted by atomic mass is 19.4. The van der Waals surface area contributed by atoms with Crippen LogP contribution >= 0.6 is 0 Å². The first-order chi connectivity index (χ1) is 13.8. The number of anilines is 2. The summed E-state index contributed by atoms with van der Waals surface area (Å²) in [5, 5.41) is 11.3. The number of aliphatic hydroxyl groups excluding tert-OH is 1. The number of alkyl halides is 3. The van der Waals surface area contributed by atoms with Crippen molar-refractivity contribution in [3.63, 3.8) is 0 Å². The van der Waals surface area contributed by atoms with Crippen molar-refractivity contribution in [2.24, 2.45) is 0 Å². The topological polar surface area (TPSA) is 106 Å². The number of hydrogen-bond donors (Lipinski definition) is 3. The van der Waals surface area contributed by atoms with Crippen molar-refractivity contribution in [3.8, 4) is 22.9 Å². The van der Waals surface area contributed by atoms with Gasteiger partial charge in [0.2, 0.25) is 11.8 Å². The fourth-order valence-corrected chi connectivity index (χ4v) is 2.34. The van der Waals surface area contributed by atoms with Gasteiger partial charge >= 0.3 is 6.18 Å². The van der Waals surface area contributed by atoms with Crippen LogP contribution in [0.3, 0.4) is 0 Å². The van der Waals surface area contributed by atoms with Crippen molar-refractivity contribution in [1.82, 2.24) is 15.0 Å². The Morgan fingerprint density at radius 2 is 1.90 bits per heavy atom. The van der Waals surface area contributed by atoms with Gasteiger partial charge in [-0.3, -0.25) is 0 Å². The maximum Gasteiger partial charge on any atom is 0.416 e. The normalized spacial score (nSPS) is 12.4. The van der Waals surface area contributed by atoms with E-state index in [0.717, 1.165) is 0 Å². The van der Waals surface area contributed by atoms with Crippen molar-refractivity contribution in [2.45, 2.75) is 12.3 Å². The average molecular weight is 409 g/mol. The molecular weight excluding hydrogens is 394 g/mol. The Hall–Kier alpha value is -3.47. The number of ether oxygens (including phenoxy) is 1. The molecule has 7 nitrogen and oxygen atoms in total. The SMILES string of the molecule is Nc1nccc(-c2cccnc2Oc2cccc(NCC(O)C(F)(F)F)c2F)n1. The molecule has 152 valence electrons. The molecule has 0 saturated carbocycles. The minimum absolute atomic E-state index is 0.0111. The molecule has 0 bridgehead atoms. The molecule has 0 aliphatic rings. The molecule has 4 N–H and O–H groups in total. The van der Waals surface area contributed by atoms with E-state index in [9.17, 15) is 17.6 Å². The highest BCUT2D eigenvalue weighted by Gasteiger charge is 2.38. The summed E-state index contributed by atoms with van der Waals surface area (Å²) in [5.41, 5.74) is 6.11. The van der Waals surface area contributed by atoms with Gasteiger partial charge in [-0.05, 0) is 30.3 Å². The standard InChI is InChI=1S/C18H15F4N5O2/c19-15-12(26-9-14(28)18(20,21)22)4-1-5-13(15)29-16-10(3-2-7-24-16)11-6-8-25-17(23)27-11/h1-8,14,26,28H,9H2,(H2,23,25,27). The molecule has 0 fully saturated rings. The van der Waals surface area contributed by atoms with Gasteiger partial charge < -0.3 is 20.9 Å². The predicted octanol–water partition coefficient (Wildman–Crippen LogP) is 3.39. The van der Waals surface area contributed by atoms with Gasteiger partial charge in [-0.15, -0.1) is 0 Å². The van der Waals surface area contributed by atoms with E-state index < -0.39 is 24.6 Å². The molecular formula is C18H15F4N5O2. The second-order valence-corrected chi connectivity index (χ2v) is 5.81. The van der Waals surface area contributed by atoms with Crippen LogP contribution in [-0.2, 0) is 0 Å². The molecule has 0 saturated heterocycles. The van der Waals surface area contributed by atoms with Crippen LogP contribution < -0.4 is 15.8 Å². The highest BCUT2D eigenvalue weighted by Crippen LogP contribution is 2.33. The fourth-order valence-electron chi connectivity index (χ4n) is 2.34. The molecule has 0 aliphatic heterocycles. The summed E-state index contributed by atoms with van der Waals surface area (Å²) in [6.45, 7) is -0.918. The van der Waals surface area contributed by atoms with Crippen LogP contribution in [0.15, 0.2) is 48.8 Å². The third kappa shape index (κ3) is 4.88. The quantitative estimate of drug-likeness (QED) is 0.536. The first-order valence-corrected chi connectivity index (χ1v) is 8.24. The number of rotatable bonds is 6. The maximum absolute atomic E-state index is 14.7. The summed E-state index contributed by atoms with van der Waals surface area (Å²) in [4.78, 5) is 11.9. The molecule has 2 aromatic heterocycles. The second kappa shape index (κ2) is 8.27. The Morgan fingerprint density at radius 1 is 1.10 bits per heavy atom. The average Bonchev–Trinajstić information content (AvgIpc) is 2.68. The number of nitrogens with two attached hydrogens (primary N) is 1. The number of nitrogen functional groups attached to an aromatic ring is 1. The van der Waals surface area contributed by atoms with E-state index in [4.69, 9.17) is 15.6 Å². The third-order valence-corrected chi connectivity index (χ3v) is 3.75. The van der Waals surface area contributed by atoms with Gasteiger partial charge in [0.05, 0.1) is 16.9 Å². The summed E-state index contributed by atoms with van der Waals surface area (Å²) in [6.07, 6.45) is -4.61. The van der Waals surface area contributed by atoms with E-state index >= 15 is 0 Å². The minimum atomic E-state index is -4.82. The number of aliphatic hydroxyl groups is 1. The second-order valence-electron chi connectivity index (χ2n) is 5.81. The third-order valence-electron chi connectivity index (χ3n) is 3.75. The number of hydrogen-bond acceptors (Lipinski definition) is 7. The molecule has 11 heteroatoms. The van der Waals surface area contributed by atoms with Crippen molar-refractivity contribution >= 4 is 11.6 Å². The Bertz CT molecular complexity index is 1000. The van der Waals surface area contributed by atoms with Crippen LogP contribution in [0.25, 0.3) is 11.3 Å². The number of pyridine rings is 1. The summed E-state index contributed by atoms with van der Waals surface area (Å²) < 4.78 is 57.5. The van der Waals surface area contributed by atoms with Crippen molar-refractivity contribution in [1.29, 1.82) is 0 Å².